The number of ether oxygens (including phenoxy) is 1. The van der Waals surface area contributed by atoms with Gasteiger partial charge in [-0.1, -0.05) is 6.07 Å². The third-order valence-corrected chi connectivity index (χ3v) is 2.39. The van der Waals surface area contributed by atoms with Crippen molar-refractivity contribution >= 4 is 11.7 Å². The lowest BCUT2D eigenvalue weighted by molar-refractivity contribution is 0.316. The molecule has 0 spiro atoms. The molecular weight excluding hydrogens is 209 g/mol. The fourth-order valence-corrected chi connectivity index (χ4v) is 1.53. The summed E-state index contributed by atoms with van der Waals surface area (Å²) in [6, 6.07) is 5.23. The molecule has 1 aromatic rings. The van der Waals surface area contributed by atoms with E-state index in [2.05, 4.69) is 10.3 Å². The van der Waals surface area contributed by atoms with Crippen molar-refractivity contribution in [3.05, 3.63) is 29.6 Å². The van der Waals surface area contributed by atoms with Gasteiger partial charge in [-0.05, 0) is 24.6 Å². The van der Waals surface area contributed by atoms with Crippen molar-refractivity contribution in [1.82, 2.24) is 0 Å². The van der Waals surface area contributed by atoms with Crippen molar-refractivity contribution in [2.45, 2.75) is 13.0 Å². The Morgan fingerprint density at radius 3 is 3.06 bits per heavy atom. The summed E-state index contributed by atoms with van der Waals surface area (Å²) < 4.78 is 18.4. The minimum Gasteiger partial charge on any atom is -0.463 e. The molecule has 1 aromatic carbocycles. The van der Waals surface area contributed by atoms with Gasteiger partial charge in [0.2, 0.25) is 0 Å². The molecule has 1 aliphatic heterocycles. The molecule has 1 unspecified atom stereocenters. The Kier molecular flexibility index (Phi) is 2.94. The minimum atomic E-state index is -0.254. The summed E-state index contributed by atoms with van der Waals surface area (Å²) in [4.78, 5) is 4.04. The van der Waals surface area contributed by atoms with Crippen LogP contribution in [0.25, 0.3) is 0 Å². The van der Waals surface area contributed by atoms with Crippen LogP contribution in [0.4, 0.5) is 10.1 Å². The van der Waals surface area contributed by atoms with Crippen LogP contribution < -0.4 is 11.1 Å². The number of nitrogens with two attached hydrogens (primary N) is 1. The first kappa shape index (κ1) is 10.7. The third kappa shape index (κ3) is 2.42. The van der Waals surface area contributed by atoms with Crippen LogP contribution in [0.1, 0.15) is 5.56 Å². The molecule has 0 aromatic heterocycles. The lowest BCUT2D eigenvalue weighted by atomic mass is 10.2. The Morgan fingerprint density at radius 2 is 2.44 bits per heavy atom. The zero-order valence-electron chi connectivity index (χ0n) is 9.03. The van der Waals surface area contributed by atoms with Gasteiger partial charge in [-0.3, -0.25) is 0 Å². The number of benzene rings is 1. The molecule has 0 saturated heterocycles. The van der Waals surface area contributed by atoms with Crippen LogP contribution in [0, 0.1) is 12.7 Å². The van der Waals surface area contributed by atoms with E-state index < -0.39 is 0 Å². The molecule has 1 heterocycles. The minimum absolute atomic E-state index is 0.0410. The van der Waals surface area contributed by atoms with Crippen molar-refractivity contribution in [3.8, 4) is 0 Å². The van der Waals surface area contributed by atoms with E-state index in [9.17, 15) is 4.39 Å². The first-order chi connectivity index (χ1) is 7.65. The Bertz CT molecular complexity index is 420. The Hall–Kier alpha value is -1.78. The average molecular weight is 223 g/mol. The van der Waals surface area contributed by atoms with Gasteiger partial charge in [0.15, 0.2) is 0 Å². The molecule has 1 atom stereocenters. The highest BCUT2D eigenvalue weighted by atomic mass is 19.1. The number of hydrogen-bond acceptors (Lipinski definition) is 4. The van der Waals surface area contributed by atoms with E-state index in [1.165, 1.54) is 6.07 Å². The first-order valence-electron chi connectivity index (χ1n) is 5.11. The van der Waals surface area contributed by atoms with Crippen LogP contribution in [-0.4, -0.2) is 25.2 Å². The molecule has 0 amide bonds. The standard InChI is InChI=1S/C11H14FN3O/c1-7-2-3-10(9(12)4-7)14-5-8-6-16-11(13)15-8/h2-4,8,14H,5-6H2,1H3,(H2,13,15). The highest BCUT2D eigenvalue weighted by molar-refractivity contribution is 5.73. The maximum Gasteiger partial charge on any atom is 0.282 e. The van der Waals surface area contributed by atoms with E-state index in [0.29, 0.717) is 18.8 Å². The van der Waals surface area contributed by atoms with E-state index in [0.717, 1.165) is 5.56 Å². The Balaban J connectivity index is 1.95. The molecular formula is C11H14FN3O. The van der Waals surface area contributed by atoms with Crippen molar-refractivity contribution in [3.63, 3.8) is 0 Å². The molecule has 0 fully saturated rings. The highest BCUT2D eigenvalue weighted by Gasteiger charge is 2.16. The van der Waals surface area contributed by atoms with Crippen LogP contribution in [0.5, 0.6) is 0 Å². The predicted molar refractivity (Wildman–Crippen MR) is 61.0 cm³/mol. The lowest BCUT2D eigenvalue weighted by Gasteiger charge is -2.10. The first-order valence-corrected chi connectivity index (χ1v) is 5.11. The van der Waals surface area contributed by atoms with Gasteiger partial charge < -0.3 is 15.8 Å². The fourth-order valence-electron chi connectivity index (χ4n) is 1.53. The molecule has 16 heavy (non-hydrogen) atoms. The zero-order valence-corrected chi connectivity index (χ0v) is 9.03. The van der Waals surface area contributed by atoms with Gasteiger partial charge in [0.1, 0.15) is 18.5 Å². The van der Waals surface area contributed by atoms with Gasteiger partial charge in [-0.25, -0.2) is 9.38 Å². The number of aryl methyl sites for hydroxylation is 1. The van der Waals surface area contributed by atoms with Crippen LogP contribution in [-0.2, 0) is 4.74 Å². The predicted octanol–water partition coefficient (Wildman–Crippen LogP) is 1.26. The summed E-state index contributed by atoms with van der Waals surface area (Å²) in [7, 11) is 0. The molecule has 3 N–H and O–H groups in total. The SMILES string of the molecule is Cc1ccc(NCC2COC(N)=N2)c(F)c1. The highest BCUT2D eigenvalue weighted by Crippen LogP contribution is 2.15. The Morgan fingerprint density at radius 1 is 1.62 bits per heavy atom. The summed E-state index contributed by atoms with van der Waals surface area (Å²) in [5.74, 6) is -0.254. The van der Waals surface area contributed by atoms with Gasteiger partial charge in [0.05, 0.1) is 5.69 Å². The normalized spacial score (nSPS) is 19.1. The van der Waals surface area contributed by atoms with E-state index >= 15 is 0 Å². The smallest absolute Gasteiger partial charge is 0.282 e. The lowest BCUT2D eigenvalue weighted by Crippen LogP contribution is -2.19. The zero-order chi connectivity index (χ0) is 11.5. The van der Waals surface area contributed by atoms with Gasteiger partial charge >= 0.3 is 0 Å². The summed E-state index contributed by atoms with van der Waals surface area (Å²) in [6.07, 6.45) is 0. The van der Waals surface area contributed by atoms with Crippen molar-refractivity contribution < 1.29 is 9.13 Å². The van der Waals surface area contributed by atoms with Crippen LogP contribution in [0.2, 0.25) is 0 Å². The van der Waals surface area contributed by atoms with Gasteiger partial charge in [-0.15, -0.1) is 0 Å². The van der Waals surface area contributed by atoms with E-state index in [4.69, 9.17) is 10.5 Å². The van der Waals surface area contributed by atoms with Gasteiger partial charge in [0, 0.05) is 6.54 Å². The van der Waals surface area contributed by atoms with Crippen LogP contribution in [0.3, 0.4) is 0 Å². The van der Waals surface area contributed by atoms with Crippen LogP contribution >= 0.6 is 0 Å². The number of amidine groups is 1. The van der Waals surface area contributed by atoms with E-state index in [1.54, 1.807) is 6.07 Å². The second-order valence-corrected chi connectivity index (χ2v) is 3.80. The summed E-state index contributed by atoms with van der Waals surface area (Å²) >= 11 is 0. The number of hydrogen-bond donors (Lipinski definition) is 2. The molecule has 2 rings (SSSR count). The van der Waals surface area contributed by atoms with Gasteiger partial charge in [-0.2, -0.15) is 0 Å². The molecule has 0 bridgehead atoms. The summed E-state index contributed by atoms with van der Waals surface area (Å²) in [5, 5.41) is 2.98. The average Bonchev–Trinajstić information content (AvgIpc) is 2.63. The summed E-state index contributed by atoms with van der Waals surface area (Å²) in [5.41, 5.74) is 6.75. The number of rotatable bonds is 3. The maximum absolute atomic E-state index is 13.4. The largest absolute Gasteiger partial charge is 0.463 e. The number of nitrogens with zero attached hydrogens (tertiary/aromatic N) is 1. The van der Waals surface area contributed by atoms with Crippen molar-refractivity contribution in [2.75, 3.05) is 18.5 Å². The molecule has 5 heteroatoms. The molecule has 1 aliphatic rings. The van der Waals surface area contributed by atoms with Crippen molar-refractivity contribution in [2.24, 2.45) is 10.7 Å². The Labute approximate surface area is 93.3 Å². The summed E-state index contributed by atoms with van der Waals surface area (Å²) in [6.45, 7) is 2.82. The van der Waals surface area contributed by atoms with E-state index in [1.807, 2.05) is 13.0 Å². The van der Waals surface area contributed by atoms with Crippen molar-refractivity contribution in [1.29, 1.82) is 0 Å². The van der Waals surface area contributed by atoms with E-state index in [-0.39, 0.29) is 17.9 Å². The van der Waals surface area contributed by atoms with Gasteiger partial charge in [0.25, 0.3) is 6.02 Å². The van der Waals surface area contributed by atoms with Crippen LogP contribution in [0.15, 0.2) is 23.2 Å². The number of nitrogens with one attached hydrogen (secondary N) is 1. The second-order valence-electron chi connectivity index (χ2n) is 3.80. The topological polar surface area (TPSA) is 59.6 Å². The quantitative estimate of drug-likeness (QED) is 0.811. The molecule has 0 radical (unpaired) electrons. The number of halogens is 1. The fraction of sp³-hybridized carbons (Fsp3) is 0.364. The maximum atomic E-state index is 13.4. The monoisotopic (exact) mass is 223 g/mol. The number of aliphatic imine (C=N–C) groups is 1. The third-order valence-electron chi connectivity index (χ3n) is 2.39. The number of anilines is 1. The molecule has 0 aliphatic carbocycles. The second kappa shape index (κ2) is 4.38. The molecule has 86 valence electrons. The molecule has 0 saturated carbocycles. The molecule has 4 nitrogen and oxygen atoms in total.